The maximum atomic E-state index is 11.9. The summed E-state index contributed by atoms with van der Waals surface area (Å²) in [5.74, 6) is 0.227. The highest BCUT2D eigenvalue weighted by Crippen LogP contribution is 2.22. The van der Waals surface area contributed by atoms with Crippen molar-refractivity contribution in [3.05, 3.63) is 42.0 Å². The van der Waals surface area contributed by atoms with Crippen molar-refractivity contribution in [2.75, 3.05) is 0 Å². The Hall–Kier alpha value is -1.37. The molecule has 1 heteroatoms. The Labute approximate surface area is 98.2 Å². The number of carbonyl (C=O) groups excluding carboxylic acids is 1. The van der Waals surface area contributed by atoms with Crippen LogP contribution >= 0.6 is 0 Å². The molecule has 0 amide bonds. The van der Waals surface area contributed by atoms with E-state index in [4.69, 9.17) is 0 Å². The molecule has 0 unspecified atom stereocenters. The summed E-state index contributed by atoms with van der Waals surface area (Å²) in [5, 5.41) is 0. The number of rotatable bonds is 4. The minimum atomic E-state index is 0.219. The molecule has 0 bridgehead atoms. The molecule has 0 aliphatic rings. The topological polar surface area (TPSA) is 17.1 Å². The van der Waals surface area contributed by atoms with E-state index in [1.54, 1.807) is 6.08 Å². The first kappa shape index (κ1) is 12.7. The average molecular weight is 216 g/mol. The van der Waals surface area contributed by atoms with Gasteiger partial charge in [0.2, 0.25) is 0 Å². The Kier molecular flexibility index (Phi) is 4.05. The molecule has 0 saturated carbocycles. The summed E-state index contributed by atoms with van der Waals surface area (Å²) in [6.07, 6.45) is 3.33. The van der Waals surface area contributed by atoms with Crippen LogP contribution in [0, 0.1) is 5.41 Å². The molecule has 0 spiro atoms. The molecule has 1 aromatic rings. The molecule has 0 aliphatic carbocycles. The molecule has 1 nitrogen and oxygen atoms in total. The Morgan fingerprint density at radius 2 is 1.81 bits per heavy atom. The highest BCUT2D eigenvalue weighted by atomic mass is 16.1. The number of carbonyl (C=O) groups is 1. The monoisotopic (exact) mass is 216 g/mol. The number of hydrogen-bond donors (Lipinski definition) is 0. The number of hydrogen-bond acceptors (Lipinski definition) is 1. The predicted octanol–water partition coefficient (Wildman–Crippen LogP) is 4.34. The second-order valence-electron chi connectivity index (χ2n) is 5.31. The van der Waals surface area contributed by atoms with Crippen molar-refractivity contribution in [1.29, 1.82) is 0 Å². The van der Waals surface area contributed by atoms with Gasteiger partial charge in [-0.3, -0.25) is 4.79 Å². The molecule has 1 rings (SSSR count). The van der Waals surface area contributed by atoms with Gasteiger partial charge in [-0.25, -0.2) is 0 Å². The van der Waals surface area contributed by atoms with E-state index in [-0.39, 0.29) is 11.2 Å². The van der Waals surface area contributed by atoms with Gasteiger partial charge < -0.3 is 0 Å². The van der Waals surface area contributed by atoms with E-state index in [0.717, 1.165) is 17.5 Å². The quantitative estimate of drug-likeness (QED) is 0.684. The largest absolute Gasteiger partial charge is 0.294 e. The van der Waals surface area contributed by atoms with Crippen LogP contribution in [0.5, 0.6) is 0 Å². The van der Waals surface area contributed by atoms with E-state index in [1.165, 1.54) is 0 Å². The van der Waals surface area contributed by atoms with Crippen LogP contribution in [0.3, 0.4) is 0 Å². The summed E-state index contributed by atoms with van der Waals surface area (Å²) in [6, 6.07) is 7.61. The zero-order chi connectivity index (χ0) is 12.2. The van der Waals surface area contributed by atoms with Crippen molar-refractivity contribution in [3.8, 4) is 0 Å². The maximum absolute atomic E-state index is 11.9. The third kappa shape index (κ3) is 4.01. The van der Waals surface area contributed by atoms with Gasteiger partial charge in [-0.15, -0.1) is 0 Å². The van der Waals surface area contributed by atoms with Crippen LogP contribution in [0.25, 0.3) is 6.08 Å². The van der Waals surface area contributed by atoms with Gasteiger partial charge in [0.25, 0.3) is 0 Å². The normalized spacial score (nSPS) is 11.2. The fourth-order valence-electron chi connectivity index (χ4n) is 1.44. The van der Waals surface area contributed by atoms with Gasteiger partial charge in [0.05, 0.1) is 0 Å². The van der Waals surface area contributed by atoms with Gasteiger partial charge in [0.15, 0.2) is 5.78 Å². The molecule has 16 heavy (non-hydrogen) atoms. The van der Waals surface area contributed by atoms with Crippen molar-refractivity contribution in [1.82, 2.24) is 0 Å². The summed E-state index contributed by atoms with van der Waals surface area (Å²) in [5.41, 5.74) is 2.07. The highest BCUT2D eigenvalue weighted by Gasteiger charge is 2.13. The fraction of sp³-hybridized carbons (Fsp3) is 0.400. The molecule has 1 aromatic carbocycles. The summed E-state index contributed by atoms with van der Waals surface area (Å²) in [6.45, 7) is 10.2. The summed E-state index contributed by atoms with van der Waals surface area (Å²) >= 11 is 0. The van der Waals surface area contributed by atoms with Crippen molar-refractivity contribution in [2.45, 2.75) is 33.6 Å². The van der Waals surface area contributed by atoms with Crippen molar-refractivity contribution in [2.24, 2.45) is 5.41 Å². The third-order valence-electron chi connectivity index (χ3n) is 2.57. The van der Waals surface area contributed by atoms with Gasteiger partial charge in [-0.1, -0.05) is 57.7 Å². The molecule has 0 aliphatic heterocycles. The maximum Gasteiger partial charge on any atom is 0.162 e. The zero-order valence-corrected chi connectivity index (χ0v) is 10.4. The first-order valence-corrected chi connectivity index (χ1v) is 5.68. The van der Waals surface area contributed by atoms with Crippen molar-refractivity contribution in [3.63, 3.8) is 0 Å². The zero-order valence-electron chi connectivity index (χ0n) is 10.4. The molecule has 0 atom stereocenters. The Balaban J connectivity index is 2.63. The first-order chi connectivity index (χ1) is 7.42. The van der Waals surface area contributed by atoms with Crippen LogP contribution in [-0.4, -0.2) is 5.78 Å². The van der Waals surface area contributed by atoms with Crippen LogP contribution < -0.4 is 0 Å². The van der Waals surface area contributed by atoms with E-state index >= 15 is 0 Å². The van der Waals surface area contributed by atoms with Gasteiger partial charge >= 0.3 is 0 Å². The molecular formula is C15H20O. The second-order valence-corrected chi connectivity index (χ2v) is 5.31. The third-order valence-corrected chi connectivity index (χ3v) is 2.57. The lowest BCUT2D eigenvalue weighted by molar-refractivity contribution is 0.0966. The standard InChI is InChI=1S/C15H20O/c1-5-12-6-8-13(9-7-12)14(16)10-11-15(2,3)4/h5-9H,1,10-11H2,2-4H3. The second kappa shape index (κ2) is 5.11. The van der Waals surface area contributed by atoms with Gasteiger partial charge in [0.1, 0.15) is 0 Å². The molecule has 0 fully saturated rings. The summed E-state index contributed by atoms with van der Waals surface area (Å²) < 4.78 is 0. The lowest BCUT2D eigenvalue weighted by atomic mass is 9.88. The smallest absolute Gasteiger partial charge is 0.162 e. The average Bonchev–Trinajstić information content (AvgIpc) is 2.25. The fourth-order valence-corrected chi connectivity index (χ4v) is 1.44. The molecular weight excluding hydrogens is 196 g/mol. The van der Waals surface area contributed by atoms with Crippen molar-refractivity contribution < 1.29 is 4.79 Å². The molecule has 0 heterocycles. The van der Waals surface area contributed by atoms with E-state index in [1.807, 2.05) is 24.3 Å². The first-order valence-electron chi connectivity index (χ1n) is 5.68. The SMILES string of the molecule is C=Cc1ccc(C(=O)CCC(C)(C)C)cc1. The number of Topliss-reactive ketones (excluding diaryl/α,β-unsaturated/α-hetero) is 1. The lowest BCUT2D eigenvalue weighted by Gasteiger charge is -2.16. The van der Waals surface area contributed by atoms with Gasteiger partial charge in [-0.05, 0) is 17.4 Å². The summed E-state index contributed by atoms with van der Waals surface area (Å²) in [4.78, 5) is 11.9. The molecule has 0 saturated heterocycles. The number of ketones is 1. The minimum absolute atomic E-state index is 0.219. The molecule has 0 radical (unpaired) electrons. The van der Waals surface area contributed by atoms with E-state index in [0.29, 0.717) is 6.42 Å². The van der Waals surface area contributed by atoms with Crippen LogP contribution in [0.15, 0.2) is 30.8 Å². The van der Waals surface area contributed by atoms with Gasteiger partial charge in [-0.2, -0.15) is 0 Å². The molecule has 0 N–H and O–H groups in total. The van der Waals surface area contributed by atoms with Crippen LogP contribution in [0.2, 0.25) is 0 Å². The Morgan fingerprint density at radius 1 is 1.25 bits per heavy atom. The van der Waals surface area contributed by atoms with Crippen LogP contribution in [-0.2, 0) is 0 Å². The predicted molar refractivity (Wildman–Crippen MR) is 69.6 cm³/mol. The Bertz CT molecular complexity index is 365. The summed E-state index contributed by atoms with van der Waals surface area (Å²) in [7, 11) is 0. The van der Waals surface area contributed by atoms with E-state index in [2.05, 4.69) is 27.4 Å². The Morgan fingerprint density at radius 3 is 2.25 bits per heavy atom. The number of benzene rings is 1. The van der Waals surface area contributed by atoms with Crippen LogP contribution in [0.4, 0.5) is 0 Å². The van der Waals surface area contributed by atoms with Crippen LogP contribution in [0.1, 0.15) is 49.5 Å². The van der Waals surface area contributed by atoms with E-state index < -0.39 is 0 Å². The van der Waals surface area contributed by atoms with E-state index in [9.17, 15) is 4.79 Å². The van der Waals surface area contributed by atoms with Gasteiger partial charge in [0, 0.05) is 12.0 Å². The van der Waals surface area contributed by atoms with Crippen molar-refractivity contribution >= 4 is 11.9 Å². The lowest BCUT2D eigenvalue weighted by Crippen LogP contribution is -2.09. The minimum Gasteiger partial charge on any atom is -0.294 e. The highest BCUT2D eigenvalue weighted by molar-refractivity contribution is 5.96. The molecule has 0 aromatic heterocycles. The molecule has 86 valence electrons.